The lowest BCUT2D eigenvalue weighted by molar-refractivity contribution is 0.451. The largest absolute Gasteiger partial charge is 0.468 e. The number of hydrogen-bond acceptors (Lipinski definition) is 2. The van der Waals surface area contributed by atoms with Gasteiger partial charge in [0, 0.05) is 6.04 Å². The molecule has 1 aromatic heterocycles. The van der Waals surface area contributed by atoms with Crippen LogP contribution in [-0.4, -0.2) is 6.04 Å². The minimum absolute atomic E-state index is 0.620. The van der Waals surface area contributed by atoms with E-state index < -0.39 is 0 Å². The Labute approximate surface area is 72.3 Å². The standard InChI is InChI=1S/C10H13NO/c1-2-5-9(4-1)11-8-10-6-3-7-12-10/h1-3,6-7,9,11H,4-5,8H2. The van der Waals surface area contributed by atoms with E-state index in [1.54, 1.807) is 6.26 Å². The lowest BCUT2D eigenvalue weighted by atomic mass is 10.2. The van der Waals surface area contributed by atoms with Crippen LogP contribution in [-0.2, 0) is 6.54 Å². The molecule has 2 nitrogen and oxygen atoms in total. The first-order chi connectivity index (χ1) is 5.95. The molecule has 0 bridgehead atoms. The summed E-state index contributed by atoms with van der Waals surface area (Å²) < 4.78 is 5.21. The van der Waals surface area contributed by atoms with Crippen LogP contribution in [0.15, 0.2) is 35.0 Å². The van der Waals surface area contributed by atoms with Gasteiger partial charge in [0.15, 0.2) is 0 Å². The first-order valence-electron chi connectivity index (χ1n) is 4.36. The minimum Gasteiger partial charge on any atom is -0.468 e. The number of rotatable bonds is 3. The summed E-state index contributed by atoms with van der Waals surface area (Å²) in [6.07, 6.45) is 8.46. The quantitative estimate of drug-likeness (QED) is 0.690. The van der Waals surface area contributed by atoms with E-state index in [4.69, 9.17) is 4.42 Å². The van der Waals surface area contributed by atoms with Gasteiger partial charge in [0.2, 0.25) is 0 Å². The normalized spacial score (nSPS) is 17.3. The Kier molecular flexibility index (Phi) is 2.28. The molecule has 1 aliphatic carbocycles. The van der Waals surface area contributed by atoms with Gasteiger partial charge < -0.3 is 9.73 Å². The highest BCUT2D eigenvalue weighted by Gasteiger charge is 2.08. The summed E-state index contributed by atoms with van der Waals surface area (Å²) in [5, 5.41) is 3.43. The van der Waals surface area contributed by atoms with Crippen LogP contribution < -0.4 is 5.32 Å². The molecule has 0 spiro atoms. The third-order valence-corrected chi connectivity index (χ3v) is 2.15. The molecule has 0 saturated carbocycles. The van der Waals surface area contributed by atoms with Crippen LogP contribution in [0.5, 0.6) is 0 Å². The Morgan fingerprint density at radius 3 is 2.92 bits per heavy atom. The SMILES string of the molecule is C1=CCC(NCc2ccco2)C1. The first kappa shape index (κ1) is 7.62. The summed E-state index contributed by atoms with van der Waals surface area (Å²) in [4.78, 5) is 0. The van der Waals surface area contributed by atoms with Gasteiger partial charge in [-0.2, -0.15) is 0 Å². The van der Waals surface area contributed by atoms with E-state index in [1.807, 2.05) is 12.1 Å². The summed E-state index contributed by atoms with van der Waals surface area (Å²) >= 11 is 0. The van der Waals surface area contributed by atoms with Crippen LogP contribution in [0.4, 0.5) is 0 Å². The highest BCUT2D eigenvalue weighted by molar-refractivity contribution is 5.01. The van der Waals surface area contributed by atoms with Crippen LogP contribution in [0.1, 0.15) is 18.6 Å². The van der Waals surface area contributed by atoms with Gasteiger partial charge in [0.1, 0.15) is 5.76 Å². The summed E-state index contributed by atoms with van der Waals surface area (Å²) in [7, 11) is 0. The molecular weight excluding hydrogens is 150 g/mol. The van der Waals surface area contributed by atoms with Gasteiger partial charge in [-0.3, -0.25) is 0 Å². The molecule has 0 aliphatic heterocycles. The first-order valence-corrected chi connectivity index (χ1v) is 4.36. The summed E-state index contributed by atoms with van der Waals surface area (Å²) in [6, 6.07) is 4.54. The van der Waals surface area contributed by atoms with Gasteiger partial charge in [-0.25, -0.2) is 0 Å². The lowest BCUT2D eigenvalue weighted by Crippen LogP contribution is -2.25. The summed E-state index contributed by atoms with van der Waals surface area (Å²) in [6.45, 7) is 0.847. The van der Waals surface area contributed by atoms with E-state index >= 15 is 0 Å². The van der Waals surface area contributed by atoms with Gasteiger partial charge in [-0.1, -0.05) is 12.2 Å². The molecule has 64 valence electrons. The van der Waals surface area contributed by atoms with Crippen molar-refractivity contribution in [1.29, 1.82) is 0 Å². The molecule has 1 aliphatic rings. The Morgan fingerprint density at radius 2 is 2.25 bits per heavy atom. The van der Waals surface area contributed by atoms with Gasteiger partial charge in [-0.05, 0) is 25.0 Å². The van der Waals surface area contributed by atoms with Crippen molar-refractivity contribution >= 4 is 0 Å². The van der Waals surface area contributed by atoms with Crippen molar-refractivity contribution in [2.45, 2.75) is 25.4 Å². The number of nitrogens with one attached hydrogen (secondary N) is 1. The van der Waals surface area contributed by atoms with E-state index in [0.717, 1.165) is 25.1 Å². The zero-order chi connectivity index (χ0) is 8.23. The predicted octanol–water partition coefficient (Wildman–Crippen LogP) is 2.09. The zero-order valence-electron chi connectivity index (χ0n) is 6.99. The Hall–Kier alpha value is -1.02. The van der Waals surface area contributed by atoms with E-state index in [2.05, 4.69) is 17.5 Å². The smallest absolute Gasteiger partial charge is 0.117 e. The third-order valence-electron chi connectivity index (χ3n) is 2.15. The number of furan rings is 1. The Balaban J connectivity index is 1.75. The van der Waals surface area contributed by atoms with Crippen LogP contribution >= 0.6 is 0 Å². The molecule has 2 heteroatoms. The van der Waals surface area contributed by atoms with Crippen molar-refractivity contribution in [3.05, 3.63) is 36.3 Å². The lowest BCUT2D eigenvalue weighted by Gasteiger charge is -2.09. The third kappa shape index (κ3) is 1.77. The van der Waals surface area contributed by atoms with E-state index in [-0.39, 0.29) is 0 Å². The topological polar surface area (TPSA) is 25.2 Å². The van der Waals surface area contributed by atoms with Crippen molar-refractivity contribution in [2.75, 3.05) is 0 Å². The molecule has 1 N–H and O–H groups in total. The van der Waals surface area contributed by atoms with Crippen LogP contribution in [0.3, 0.4) is 0 Å². The summed E-state index contributed by atoms with van der Waals surface area (Å²) in [5.41, 5.74) is 0. The second-order valence-corrected chi connectivity index (χ2v) is 3.10. The maximum atomic E-state index is 5.21. The fourth-order valence-corrected chi connectivity index (χ4v) is 1.44. The van der Waals surface area contributed by atoms with Crippen molar-refractivity contribution in [3.8, 4) is 0 Å². The Bertz CT molecular complexity index is 243. The number of hydrogen-bond donors (Lipinski definition) is 1. The second-order valence-electron chi connectivity index (χ2n) is 3.10. The maximum absolute atomic E-state index is 5.21. The van der Waals surface area contributed by atoms with Crippen molar-refractivity contribution in [1.82, 2.24) is 5.32 Å². The summed E-state index contributed by atoms with van der Waals surface area (Å²) in [5.74, 6) is 1.02. The van der Waals surface area contributed by atoms with E-state index in [0.29, 0.717) is 6.04 Å². The van der Waals surface area contributed by atoms with Gasteiger partial charge in [-0.15, -0.1) is 0 Å². The van der Waals surface area contributed by atoms with Gasteiger partial charge >= 0.3 is 0 Å². The predicted molar refractivity (Wildman–Crippen MR) is 47.7 cm³/mol. The molecule has 2 rings (SSSR count). The monoisotopic (exact) mass is 163 g/mol. The molecule has 0 unspecified atom stereocenters. The average molecular weight is 163 g/mol. The Morgan fingerprint density at radius 1 is 1.42 bits per heavy atom. The molecule has 0 radical (unpaired) electrons. The average Bonchev–Trinajstić information content (AvgIpc) is 2.74. The fraction of sp³-hybridized carbons (Fsp3) is 0.400. The highest BCUT2D eigenvalue weighted by Crippen LogP contribution is 2.10. The van der Waals surface area contributed by atoms with Crippen LogP contribution in [0, 0.1) is 0 Å². The molecule has 1 aromatic rings. The molecule has 0 atom stereocenters. The molecule has 0 fully saturated rings. The molecule has 1 heterocycles. The van der Waals surface area contributed by atoms with Gasteiger partial charge in [0.05, 0.1) is 12.8 Å². The van der Waals surface area contributed by atoms with Crippen molar-refractivity contribution < 1.29 is 4.42 Å². The second kappa shape index (κ2) is 3.59. The molecule has 0 saturated heterocycles. The maximum Gasteiger partial charge on any atom is 0.117 e. The van der Waals surface area contributed by atoms with Crippen LogP contribution in [0.25, 0.3) is 0 Å². The van der Waals surface area contributed by atoms with E-state index in [9.17, 15) is 0 Å². The van der Waals surface area contributed by atoms with Crippen LogP contribution in [0.2, 0.25) is 0 Å². The van der Waals surface area contributed by atoms with Crippen molar-refractivity contribution in [3.63, 3.8) is 0 Å². The fourth-order valence-electron chi connectivity index (χ4n) is 1.44. The zero-order valence-corrected chi connectivity index (χ0v) is 6.99. The highest BCUT2D eigenvalue weighted by atomic mass is 16.3. The van der Waals surface area contributed by atoms with Gasteiger partial charge in [0.25, 0.3) is 0 Å². The molecule has 0 amide bonds. The minimum atomic E-state index is 0.620. The molecule has 0 aromatic carbocycles. The molecule has 12 heavy (non-hydrogen) atoms. The van der Waals surface area contributed by atoms with E-state index in [1.165, 1.54) is 0 Å². The molecular formula is C10H13NO. The van der Waals surface area contributed by atoms with Crippen molar-refractivity contribution in [2.24, 2.45) is 0 Å².